The van der Waals surface area contributed by atoms with Crippen LogP contribution in [0.1, 0.15) is 30.5 Å². The molecule has 152 valence electrons. The van der Waals surface area contributed by atoms with Gasteiger partial charge in [-0.2, -0.15) is 4.98 Å². The number of hydrogen-bond donors (Lipinski definition) is 0. The molecule has 1 aromatic carbocycles. The van der Waals surface area contributed by atoms with Gasteiger partial charge in [0.05, 0.1) is 12.7 Å². The minimum absolute atomic E-state index is 0.0298. The van der Waals surface area contributed by atoms with Gasteiger partial charge in [0.25, 0.3) is 0 Å². The van der Waals surface area contributed by atoms with Gasteiger partial charge in [-0.1, -0.05) is 17.3 Å². The molecule has 0 saturated heterocycles. The summed E-state index contributed by atoms with van der Waals surface area (Å²) >= 11 is 0. The number of aryl methyl sites for hydroxylation is 2. The van der Waals surface area contributed by atoms with Gasteiger partial charge in [-0.15, -0.1) is 0 Å². The third-order valence-electron chi connectivity index (χ3n) is 4.90. The first-order chi connectivity index (χ1) is 14.0. The first kappa shape index (κ1) is 20.5. The lowest BCUT2D eigenvalue weighted by molar-refractivity contribution is -0.131. The number of aromatic nitrogens is 3. The number of ether oxygens (including phenoxy) is 1. The van der Waals surface area contributed by atoms with E-state index in [1.54, 1.807) is 18.2 Å². The predicted octanol–water partition coefficient (Wildman–Crippen LogP) is 3.47. The summed E-state index contributed by atoms with van der Waals surface area (Å²) in [5.74, 6) is 1.59. The maximum Gasteiger partial charge on any atom is 0.227 e. The third-order valence-corrected chi connectivity index (χ3v) is 4.90. The Morgan fingerprint density at radius 2 is 2.07 bits per heavy atom. The summed E-state index contributed by atoms with van der Waals surface area (Å²) < 4.78 is 10.7. The number of methoxy groups -OCH3 is 1. The maximum atomic E-state index is 12.6. The van der Waals surface area contributed by atoms with Gasteiger partial charge < -0.3 is 14.2 Å². The van der Waals surface area contributed by atoms with Crippen LogP contribution in [0.4, 0.5) is 0 Å². The molecule has 7 nitrogen and oxygen atoms in total. The van der Waals surface area contributed by atoms with Crippen molar-refractivity contribution in [1.82, 2.24) is 20.0 Å². The fraction of sp³-hybridized carbons (Fsp3) is 0.364. The van der Waals surface area contributed by atoms with Crippen molar-refractivity contribution in [2.45, 2.75) is 39.2 Å². The standard InChI is InChI=1S/C22H26N4O3/c1-15-11-12-23-17(13-15)14-16(2)26(3)21(27)10-9-20-24-22(25-29-20)18-7-5-6-8-19(18)28-4/h5-8,11-13,16H,9-10,14H2,1-4H3. The molecule has 2 aromatic heterocycles. The highest BCUT2D eigenvalue weighted by molar-refractivity contribution is 5.76. The van der Waals surface area contributed by atoms with E-state index < -0.39 is 0 Å². The number of benzene rings is 1. The van der Waals surface area contributed by atoms with Gasteiger partial charge in [-0.05, 0) is 43.7 Å². The molecule has 0 spiro atoms. The fourth-order valence-corrected chi connectivity index (χ4v) is 3.08. The van der Waals surface area contributed by atoms with Gasteiger partial charge >= 0.3 is 0 Å². The molecule has 3 aromatic rings. The van der Waals surface area contributed by atoms with Crippen LogP contribution in [0.2, 0.25) is 0 Å². The van der Waals surface area contributed by atoms with Crippen LogP contribution < -0.4 is 4.74 Å². The largest absolute Gasteiger partial charge is 0.496 e. The molecular weight excluding hydrogens is 368 g/mol. The zero-order valence-electron chi connectivity index (χ0n) is 17.3. The minimum atomic E-state index is 0.0298. The van der Waals surface area contributed by atoms with Crippen molar-refractivity contribution in [1.29, 1.82) is 0 Å². The quantitative estimate of drug-likeness (QED) is 0.582. The van der Waals surface area contributed by atoms with E-state index in [1.165, 1.54) is 5.56 Å². The lowest BCUT2D eigenvalue weighted by atomic mass is 10.1. The van der Waals surface area contributed by atoms with Gasteiger partial charge in [-0.25, -0.2) is 0 Å². The molecule has 29 heavy (non-hydrogen) atoms. The Morgan fingerprint density at radius 1 is 1.28 bits per heavy atom. The molecule has 0 bridgehead atoms. The fourth-order valence-electron chi connectivity index (χ4n) is 3.08. The first-order valence-electron chi connectivity index (χ1n) is 9.61. The molecule has 7 heteroatoms. The second kappa shape index (κ2) is 9.32. The van der Waals surface area contributed by atoms with Crippen molar-refractivity contribution < 1.29 is 14.1 Å². The molecule has 1 atom stereocenters. The van der Waals surface area contributed by atoms with Gasteiger partial charge in [0, 0.05) is 44.2 Å². The highest BCUT2D eigenvalue weighted by Gasteiger charge is 2.19. The van der Waals surface area contributed by atoms with Crippen LogP contribution in [0, 0.1) is 6.92 Å². The number of carbonyl (C=O) groups is 1. The summed E-state index contributed by atoms with van der Waals surface area (Å²) in [6, 6.07) is 11.5. The Morgan fingerprint density at radius 3 is 2.83 bits per heavy atom. The van der Waals surface area contributed by atoms with Crippen LogP contribution in [0.15, 0.2) is 47.1 Å². The second-order valence-corrected chi connectivity index (χ2v) is 7.09. The normalized spacial score (nSPS) is 11.9. The van der Waals surface area contributed by atoms with E-state index >= 15 is 0 Å². The number of hydrogen-bond acceptors (Lipinski definition) is 6. The van der Waals surface area contributed by atoms with Crippen LogP contribution in [0.3, 0.4) is 0 Å². The predicted molar refractivity (Wildman–Crippen MR) is 110 cm³/mol. The van der Waals surface area contributed by atoms with E-state index in [9.17, 15) is 4.79 Å². The molecule has 0 aliphatic heterocycles. The summed E-state index contributed by atoms with van der Waals surface area (Å²) in [5, 5.41) is 4.02. The van der Waals surface area contributed by atoms with Gasteiger partial charge in [0.15, 0.2) is 0 Å². The van der Waals surface area contributed by atoms with Crippen molar-refractivity contribution >= 4 is 5.91 Å². The van der Waals surface area contributed by atoms with Gasteiger partial charge in [0.1, 0.15) is 5.75 Å². The lowest BCUT2D eigenvalue weighted by Crippen LogP contribution is -2.36. The van der Waals surface area contributed by atoms with Gasteiger partial charge in [0.2, 0.25) is 17.6 Å². The minimum Gasteiger partial charge on any atom is -0.496 e. The maximum absolute atomic E-state index is 12.6. The summed E-state index contributed by atoms with van der Waals surface area (Å²) in [6.07, 6.45) is 3.20. The molecule has 0 fully saturated rings. The first-order valence-corrected chi connectivity index (χ1v) is 9.61. The summed E-state index contributed by atoms with van der Waals surface area (Å²) in [4.78, 5) is 23.1. The number of nitrogens with zero attached hydrogens (tertiary/aromatic N) is 4. The molecule has 0 N–H and O–H groups in total. The third kappa shape index (κ3) is 5.19. The van der Waals surface area contributed by atoms with Crippen molar-refractivity contribution in [3.8, 4) is 17.1 Å². The van der Waals surface area contributed by atoms with Crippen molar-refractivity contribution in [2.24, 2.45) is 0 Å². The Hall–Kier alpha value is -3.22. The van der Waals surface area contributed by atoms with E-state index in [-0.39, 0.29) is 11.9 Å². The Balaban J connectivity index is 1.57. The highest BCUT2D eigenvalue weighted by Crippen LogP contribution is 2.27. The average molecular weight is 394 g/mol. The smallest absolute Gasteiger partial charge is 0.227 e. The summed E-state index contributed by atoms with van der Waals surface area (Å²) in [7, 11) is 3.42. The molecule has 2 heterocycles. The van der Waals surface area contributed by atoms with E-state index in [0.717, 1.165) is 11.3 Å². The highest BCUT2D eigenvalue weighted by atomic mass is 16.5. The van der Waals surface area contributed by atoms with Crippen molar-refractivity contribution in [3.63, 3.8) is 0 Å². The van der Waals surface area contributed by atoms with Crippen LogP contribution >= 0.6 is 0 Å². The SMILES string of the molecule is COc1ccccc1-c1noc(CCC(=O)N(C)C(C)Cc2cc(C)ccn2)n1. The number of pyridine rings is 1. The second-order valence-electron chi connectivity index (χ2n) is 7.09. The zero-order chi connectivity index (χ0) is 20.8. The Bertz CT molecular complexity index is 970. The zero-order valence-corrected chi connectivity index (χ0v) is 17.3. The average Bonchev–Trinajstić information content (AvgIpc) is 3.20. The molecule has 3 rings (SSSR count). The topological polar surface area (TPSA) is 81.4 Å². The van der Waals surface area contributed by atoms with Crippen LogP contribution in [-0.4, -0.2) is 46.1 Å². The molecule has 1 unspecified atom stereocenters. The molecular formula is C22H26N4O3. The Kier molecular flexibility index (Phi) is 6.59. The summed E-state index contributed by atoms with van der Waals surface area (Å²) in [6.45, 7) is 4.06. The van der Waals surface area contributed by atoms with Crippen LogP contribution in [0.25, 0.3) is 11.4 Å². The number of amides is 1. The number of para-hydroxylation sites is 1. The van der Waals surface area contributed by atoms with E-state index in [4.69, 9.17) is 9.26 Å². The van der Waals surface area contributed by atoms with E-state index in [1.807, 2.05) is 57.3 Å². The van der Waals surface area contributed by atoms with Crippen LogP contribution in [0.5, 0.6) is 5.75 Å². The van der Waals surface area contributed by atoms with Crippen molar-refractivity contribution in [2.75, 3.05) is 14.2 Å². The Labute approximate surface area is 170 Å². The number of carbonyl (C=O) groups excluding carboxylic acids is 1. The van der Waals surface area contributed by atoms with E-state index in [0.29, 0.717) is 36.7 Å². The molecule has 0 aliphatic rings. The van der Waals surface area contributed by atoms with Crippen LogP contribution in [-0.2, 0) is 17.6 Å². The molecule has 0 aliphatic carbocycles. The van der Waals surface area contributed by atoms with Gasteiger partial charge in [-0.3, -0.25) is 9.78 Å². The van der Waals surface area contributed by atoms with E-state index in [2.05, 4.69) is 15.1 Å². The molecule has 1 amide bonds. The lowest BCUT2D eigenvalue weighted by Gasteiger charge is -2.24. The van der Waals surface area contributed by atoms with Crippen molar-refractivity contribution in [3.05, 3.63) is 59.7 Å². The molecule has 0 radical (unpaired) electrons. The number of likely N-dealkylation sites (N-methyl/N-ethyl adjacent to an activating group) is 1. The monoisotopic (exact) mass is 394 g/mol. The molecule has 0 saturated carbocycles. The number of rotatable bonds is 8. The summed E-state index contributed by atoms with van der Waals surface area (Å²) in [5.41, 5.74) is 2.90.